The third kappa shape index (κ3) is 7.49. The molecule has 3 N–H and O–H groups in total. The third-order valence-corrected chi connectivity index (χ3v) is 9.69. The predicted molar refractivity (Wildman–Crippen MR) is 208 cm³/mol. The van der Waals surface area contributed by atoms with Gasteiger partial charge in [-0.1, -0.05) is 58.0 Å². The topological polar surface area (TPSA) is 137 Å². The van der Waals surface area contributed by atoms with E-state index in [1.54, 1.807) is 4.68 Å². The number of nitrogens with one attached hydrogen (secondary N) is 3. The summed E-state index contributed by atoms with van der Waals surface area (Å²) in [6.45, 7) is 10.5. The van der Waals surface area contributed by atoms with Crippen molar-refractivity contribution < 1.29 is 0 Å². The molecule has 9 rings (SSSR count). The number of H-pyrrole nitrogens is 2. The zero-order chi connectivity index (χ0) is 36.3. The molecule has 0 radical (unpaired) electrons. The summed E-state index contributed by atoms with van der Waals surface area (Å²) in [7, 11) is 4.12. The van der Waals surface area contributed by atoms with Gasteiger partial charge in [0, 0.05) is 50.0 Å². The van der Waals surface area contributed by atoms with Gasteiger partial charge in [0.1, 0.15) is 22.8 Å². The molecule has 4 aromatic carbocycles. The van der Waals surface area contributed by atoms with Gasteiger partial charge in [-0.05, 0) is 87.6 Å². The van der Waals surface area contributed by atoms with Crippen LogP contribution >= 0.6 is 0 Å². The minimum absolute atomic E-state index is 0.756. The van der Waals surface area contributed by atoms with Crippen LogP contribution in [0.5, 0.6) is 0 Å². The zero-order valence-electron chi connectivity index (χ0n) is 30.5. The number of nitrogens with zero attached hydrogens (tertiary/aromatic N) is 10. The summed E-state index contributed by atoms with van der Waals surface area (Å²) in [5.41, 5.74) is 12.1. The molecule has 268 valence electrons. The molecule has 1 aliphatic rings. The Balaban J connectivity index is 0.000000154. The second kappa shape index (κ2) is 14.9. The van der Waals surface area contributed by atoms with Crippen LogP contribution < -0.4 is 5.32 Å². The first kappa shape index (κ1) is 34.1. The largest absolute Gasteiger partial charge is 0.316 e. The Morgan fingerprint density at radius 3 is 1.60 bits per heavy atom. The molecule has 0 amide bonds. The molecule has 1 saturated heterocycles. The number of aryl methyl sites for hydroxylation is 2. The third-order valence-electron chi connectivity index (χ3n) is 9.69. The predicted octanol–water partition coefficient (Wildman–Crippen LogP) is 5.70. The molecule has 8 aromatic rings. The van der Waals surface area contributed by atoms with Crippen LogP contribution in [0.25, 0.3) is 56.0 Å². The Hall–Kier alpha value is -6.02. The van der Waals surface area contributed by atoms with Gasteiger partial charge in [0.25, 0.3) is 0 Å². The van der Waals surface area contributed by atoms with Gasteiger partial charge in [-0.15, -0.1) is 10.2 Å². The highest BCUT2D eigenvalue weighted by Crippen LogP contribution is 2.27. The van der Waals surface area contributed by atoms with Crippen molar-refractivity contribution in [2.75, 3.05) is 40.3 Å². The maximum Gasteiger partial charge on any atom is 0.134 e. The van der Waals surface area contributed by atoms with Crippen molar-refractivity contribution in [2.45, 2.75) is 26.9 Å². The SMILES string of the molecule is CNCc1ccc(-n2cc(-c3n[nH]c4ccc(C)cc34)nn2)cc1.Cc1ccc2[nH]nc(-c3cn(-c4ccc(CN5CCN(C)CC5)cc4)nn3)c2c1. The highest BCUT2D eigenvalue weighted by Gasteiger charge is 2.16. The van der Waals surface area contributed by atoms with E-state index in [0.717, 1.165) is 95.2 Å². The highest BCUT2D eigenvalue weighted by molar-refractivity contribution is 5.93. The van der Waals surface area contributed by atoms with Crippen molar-refractivity contribution in [3.8, 4) is 34.2 Å². The van der Waals surface area contributed by atoms with Crippen molar-refractivity contribution >= 4 is 21.8 Å². The molecular weight excluding hydrogens is 663 g/mol. The normalized spacial score (nSPS) is 13.8. The lowest BCUT2D eigenvalue weighted by Crippen LogP contribution is -2.43. The summed E-state index contributed by atoms with van der Waals surface area (Å²) in [6.07, 6.45) is 3.85. The van der Waals surface area contributed by atoms with E-state index in [4.69, 9.17) is 0 Å². The van der Waals surface area contributed by atoms with Gasteiger partial charge >= 0.3 is 0 Å². The fourth-order valence-corrected chi connectivity index (χ4v) is 6.63. The van der Waals surface area contributed by atoms with Gasteiger partial charge in [-0.2, -0.15) is 10.2 Å². The number of likely N-dealkylation sites (N-methyl/N-ethyl adjacent to an activating group) is 1. The standard InChI is InChI=1S/C22H25N7.C18H18N6/c1-16-3-8-20-19(13-16)22(25-23-20)21-15-29(26-24-21)18-6-4-17(5-7-18)14-28-11-9-27(2)10-12-28;1-12-3-8-16-15(9-12)18(22-20-16)17-11-24(23-21-17)14-6-4-13(5-7-14)10-19-2/h3-8,13,15H,9-12,14H2,1-2H3,(H,23,25);3-9,11,19H,10H2,1-2H3,(H,20,22). The average molecular weight is 706 g/mol. The van der Waals surface area contributed by atoms with Gasteiger partial charge in [-0.3, -0.25) is 15.1 Å². The number of hydrogen-bond acceptors (Lipinski definition) is 9. The quantitative estimate of drug-likeness (QED) is 0.182. The van der Waals surface area contributed by atoms with Gasteiger partial charge in [0.15, 0.2) is 0 Å². The fourth-order valence-electron chi connectivity index (χ4n) is 6.63. The molecule has 1 fully saturated rings. The van der Waals surface area contributed by atoms with E-state index in [1.807, 2.05) is 48.4 Å². The Labute approximate surface area is 307 Å². The van der Waals surface area contributed by atoms with E-state index in [1.165, 1.54) is 22.3 Å². The van der Waals surface area contributed by atoms with Crippen LogP contribution in [0.2, 0.25) is 0 Å². The molecule has 0 atom stereocenters. The summed E-state index contributed by atoms with van der Waals surface area (Å²) in [4.78, 5) is 4.89. The first-order chi connectivity index (χ1) is 25.9. The molecule has 1 aliphatic heterocycles. The number of piperazine rings is 1. The zero-order valence-corrected chi connectivity index (χ0v) is 30.5. The van der Waals surface area contributed by atoms with Gasteiger partial charge in [0.05, 0.1) is 34.8 Å². The van der Waals surface area contributed by atoms with Crippen LogP contribution in [0.3, 0.4) is 0 Å². The van der Waals surface area contributed by atoms with Crippen molar-refractivity contribution in [3.63, 3.8) is 0 Å². The molecule has 53 heavy (non-hydrogen) atoms. The molecule has 0 saturated carbocycles. The number of rotatable bonds is 8. The Bertz CT molecular complexity index is 2440. The van der Waals surface area contributed by atoms with Gasteiger partial charge < -0.3 is 10.2 Å². The van der Waals surface area contributed by atoms with Crippen LogP contribution in [-0.2, 0) is 13.1 Å². The van der Waals surface area contributed by atoms with Crippen LogP contribution in [0.1, 0.15) is 22.3 Å². The maximum absolute atomic E-state index is 4.45. The molecule has 0 aliphatic carbocycles. The van der Waals surface area contributed by atoms with Crippen LogP contribution in [-0.4, -0.2) is 100 Å². The van der Waals surface area contributed by atoms with E-state index < -0.39 is 0 Å². The van der Waals surface area contributed by atoms with E-state index in [-0.39, 0.29) is 0 Å². The summed E-state index contributed by atoms with van der Waals surface area (Å²) >= 11 is 0. The molecule has 5 heterocycles. The molecule has 0 bridgehead atoms. The number of fused-ring (bicyclic) bond motifs is 2. The van der Waals surface area contributed by atoms with Gasteiger partial charge in [0.2, 0.25) is 0 Å². The Morgan fingerprint density at radius 1 is 0.623 bits per heavy atom. The molecule has 13 heteroatoms. The lowest BCUT2D eigenvalue weighted by Gasteiger charge is -2.32. The van der Waals surface area contributed by atoms with Crippen LogP contribution in [0.4, 0.5) is 0 Å². The van der Waals surface area contributed by atoms with E-state index in [0.29, 0.717) is 0 Å². The lowest BCUT2D eigenvalue weighted by molar-refractivity contribution is 0.148. The van der Waals surface area contributed by atoms with E-state index >= 15 is 0 Å². The fraction of sp³-hybridized carbons (Fsp3) is 0.250. The smallest absolute Gasteiger partial charge is 0.134 e. The first-order valence-corrected chi connectivity index (χ1v) is 17.9. The van der Waals surface area contributed by atoms with E-state index in [9.17, 15) is 0 Å². The molecule has 13 nitrogen and oxygen atoms in total. The minimum atomic E-state index is 0.756. The van der Waals surface area contributed by atoms with Crippen molar-refractivity contribution in [2.24, 2.45) is 0 Å². The molecule has 0 spiro atoms. The van der Waals surface area contributed by atoms with Crippen molar-refractivity contribution in [1.82, 2.24) is 65.5 Å². The molecule has 4 aromatic heterocycles. The van der Waals surface area contributed by atoms with E-state index in [2.05, 4.69) is 138 Å². The van der Waals surface area contributed by atoms with Crippen molar-refractivity contribution in [1.29, 1.82) is 0 Å². The van der Waals surface area contributed by atoms with Crippen molar-refractivity contribution in [3.05, 3.63) is 120 Å². The average Bonchev–Trinajstić information content (AvgIpc) is 4.00. The highest BCUT2D eigenvalue weighted by atomic mass is 15.4. The molecular formula is C40H43N13. The number of hydrogen-bond donors (Lipinski definition) is 3. The number of benzene rings is 4. The monoisotopic (exact) mass is 705 g/mol. The summed E-state index contributed by atoms with van der Waals surface area (Å²) < 4.78 is 3.58. The van der Waals surface area contributed by atoms with Crippen LogP contribution in [0.15, 0.2) is 97.3 Å². The summed E-state index contributed by atoms with van der Waals surface area (Å²) in [5.74, 6) is 0. The maximum atomic E-state index is 4.45. The Morgan fingerprint density at radius 2 is 1.11 bits per heavy atom. The summed E-state index contributed by atoms with van der Waals surface area (Å²) in [5, 5.41) is 37.5. The Kier molecular flexibility index (Phi) is 9.59. The lowest BCUT2D eigenvalue weighted by atomic mass is 10.1. The second-order valence-corrected chi connectivity index (χ2v) is 13.8. The second-order valence-electron chi connectivity index (χ2n) is 13.8. The number of aromatic amines is 2. The first-order valence-electron chi connectivity index (χ1n) is 17.9. The number of aromatic nitrogens is 10. The minimum Gasteiger partial charge on any atom is -0.316 e. The van der Waals surface area contributed by atoms with Gasteiger partial charge in [-0.25, -0.2) is 9.36 Å². The van der Waals surface area contributed by atoms with Crippen LogP contribution in [0, 0.1) is 13.8 Å². The summed E-state index contributed by atoms with van der Waals surface area (Å²) in [6, 6.07) is 29.3. The molecule has 0 unspecified atom stereocenters.